The number of carbonyl (C=O) groups excluding carboxylic acids is 2. The number of carbonyl (C=O) groups is 2. The summed E-state index contributed by atoms with van der Waals surface area (Å²) in [6.07, 6.45) is -0.933. The number of benzene rings is 2. The van der Waals surface area contributed by atoms with Crippen molar-refractivity contribution >= 4 is 17.6 Å². The van der Waals surface area contributed by atoms with Crippen molar-refractivity contribution in [2.75, 3.05) is 12.4 Å². The van der Waals surface area contributed by atoms with Gasteiger partial charge in [-0.3, -0.25) is 4.79 Å². The van der Waals surface area contributed by atoms with E-state index in [0.717, 1.165) is 5.56 Å². The number of nitrogens with one attached hydrogen (secondary N) is 1. The summed E-state index contributed by atoms with van der Waals surface area (Å²) in [5.41, 5.74) is 2.08. The van der Waals surface area contributed by atoms with Crippen molar-refractivity contribution in [2.45, 2.75) is 39.9 Å². The predicted molar refractivity (Wildman–Crippen MR) is 103 cm³/mol. The molecule has 0 aliphatic carbocycles. The van der Waals surface area contributed by atoms with Gasteiger partial charge >= 0.3 is 5.97 Å². The number of hydrogen-bond donors (Lipinski definition) is 1. The fraction of sp³-hybridized carbons (Fsp3) is 0.333. The Morgan fingerprint density at radius 2 is 1.67 bits per heavy atom. The van der Waals surface area contributed by atoms with Crippen molar-refractivity contribution in [3.05, 3.63) is 53.6 Å². The number of amides is 1. The fourth-order valence-corrected chi connectivity index (χ4v) is 2.38. The molecule has 2 aromatic carbocycles. The minimum absolute atomic E-state index is 0.201. The lowest BCUT2D eigenvalue weighted by molar-refractivity contribution is -0.154. The van der Waals surface area contributed by atoms with Gasteiger partial charge in [0.05, 0.1) is 18.9 Å². The Bertz CT molecular complexity index is 799. The fourth-order valence-electron chi connectivity index (χ4n) is 2.38. The van der Waals surface area contributed by atoms with Gasteiger partial charge in [0.15, 0.2) is 6.10 Å². The molecule has 2 rings (SSSR count). The van der Waals surface area contributed by atoms with Crippen LogP contribution in [0, 0.1) is 6.92 Å². The van der Waals surface area contributed by atoms with Crippen molar-refractivity contribution < 1.29 is 23.8 Å². The quantitative estimate of drug-likeness (QED) is 0.746. The molecule has 0 saturated heterocycles. The van der Waals surface area contributed by atoms with Crippen LogP contribution in [0.2, 0.25) is 0 Å². The van der Waals surface area contributed by atoms with Crippen LogP contribution in [-0.2, 0) is 9.53 Å². The lowest BCUT2D eigenvalue weighted by atomic mass is 10.1. The van der Waals surface area contributed by atoms with E-state index in [9.17, 15) is 9.59 Å². The third kappa shape index (κ3) is 5.74. The zero-order valence-corrected chi connectivity index (χ0v) is 16.2. The largest absolute Gasteiger partial charge is 0.495 e. The van der Waals surface area contributed by atoms with Crippen LogP contribution in [0.3, 0.4) is 0 Å². The normalized spacial score (nSPS) is 11.6. The molecule has 1 N–H and O–H groups in total. The number of esters is 1. The molecule has 0 aliphatic rings. The maximum atomic E-state index is 12.5. The highest BCUT2D eigenvalue weighted by Crippen LogP contribution is 2.26. The third-order valence-corrected chi connectivity index (χ3v) is 3.72. The van der Waals surface area contributed by atoms with E-state index in [4.69, 9.17) is 14.2 Å². The summed E-state index contributed by atoms with van der Waals surface area (Å²) in [7, 11) is 1.55. The van der Waals surface area contributed by atoms with Gasteiger partial charge in [0.2, 0.25) is 0 Å². The Morgan fingerprint density at radius 3 is 2.26 bits per heavy atom. The minimum Gasteiger partial charge on any atom is -0.495 e. The lowest BCUT2D eigenvalue weighted by Gasteiger charge is -2.16. The number of anilines is 1. The van der Waals surface area contributed by atoms with Gasteiger partial charge < -0.3 is 19.5 Å². The second-order valence-electron chi connectivity index (χ2n) is 6.43. The SMILES string of the molecule is COc1ccc(C)cc1NC(=O)c1ccc(O[C@@H](C)C(=O)OC(C)C)cc1. The van der Waals surface area contributed by atoms with Gasteiger partial charge in [0.25, 0.3) is 5.91 Å². The van der Waals surface area contributed by atoms with E-state index in [1.54, 1.807) is 58.2 Å². The van der Waals surface area contributed by atoms with Gasteiger partial charge in [-0.15, -0.1) is 0 Å². The molecule has 144 valence electrons. The van der Waals surface area contributed by atoms with E-state index in [1.807, 2.05) is 19.1 Å². The molecule has 6 heteroatoms. The number of methoxy groups -OCH3 is 1. The second-order valence-corrected chi connectivity index (χ2v) is 6.43. The molecule has 2 aromatic rings. The van der Waals surface area contributed by atoms with Crippen LogP contribution in [0.5, 0.6) is 11.5 Å². The van der Waals surface area contributed by atoms with Crippen LogP contribution in [0.15, 0.2) is 42.5 Å². The summed E-state index contributed by atoms with van der Waals surface area (Å²) in [6, 6.07) is 12.1. The molecule has 0 spiro atoms. The average Bonchev–Trinajstić information content (AvgIpc) is 2.62. The van der Waals surface area contributed by atoms with Crippen molar-refractivity contribution in [1.82, 2.24) is 0 Å². The summed E-state index contributed by atoms with van der Waals surface area (Å²) in [6.45, 7) is 7.12. The number of rotatable bonds is 7. The van der Waals surface area contributed by atoms with Gasteiger partial charge in [-0.1, -0.05) is 6.07 Å². The van der Waals surface area contributed by atoms with Crippen LogP contribution >= 0.6 is 0 Å². The summed E-state index contributed by atoms with van der Waals surface area (Å²) >= 11 is 0. The van der Waals surface area contributed by atoms with Gasteiger partial charge in [-0.05, 0) is 69.7 Å². The average molecular weight is 371 g/mol. The van der Waals surface area contributed by atoms with Gasteiger partial charge in [0, 0.05) is 5.56 Å². The minimum atomic E-state index is -0.733. The molecule has 27 heavy (non-hydrogen) atoms. The Hall–Kier alpha value is -3.02. The summed E-state index contributed by atoms with van der Waals surface area (Å²) in [5, 5.41) is 2.84. The Morgan fingerprint density at radius 1 is 1.00 bits per heavy atom. The monoisotopic (exact) mass is 371 g/mol. The summed E-state index contributed by atoms with van der Waals surface area (Å²) in [5.74, 6) is 0.371. The molecule has 0 heterocycles. The molecule has 6 nitrogen and oxygen atoms in total. The highest BCUT2D eigenvalue weighted by atomic mass is 16.6. The van der Waals surface area contributed by atoms with E-state index in [2.05, 4.69) is 5.32 Å². The number of ether oxygens (including phenoxy) is 3. The number of hydrogen-bond acceptors (Lipinski definition) is 5. The van der Waals surface area contributed by atoms with Crippen molar-refractivity contribution in [2.24, 2.45) is 0 Å². The molecule has 0 aromatic heterocycles. The number of aryl methyl sites for hydroxylation is 1. The highest BCUT2D eigenvalue weighted by molar-refractivity contribution is 6.05. The molecule has 0 unspecified atom stereocenters. The van der Waals surface area contributed by atoms with Crippen LogP contribution in [-0.4, -0.2) is 31.2 Å². The first kappa shape index (κ1) is 20.3. The summed E-state index contributed by atoms with van der Waals surface area (Å²) in [4.78, 5) is 24.3. The molecule has 1 atom stereocenters. The lowest BCUT2D eigenvalue weighted by Crippen LogP contribution is -2.28. The molecule has 0 aliphatic heterocycles. The van der Waals surface area contributed by atoms with Gasteiger partial charge in [0.1, 0.15) is 11.5 Å². The Balaban J connectivity index is 2.03. The van der Waals surface area contributed by atoms with E-state index in [0.29, 0.717) is 22.7 Å². The zero-order valence-electron chi connectivity index (χ0n) is 16.2. The van der Waals surface area contributed by atoms with Crippen molar-refractivity contribution in [3.63, 3.8) is 0 Å². The van der Waals surface area contributed by atoms with Crippen LogP contribution < -0.4 is 14.8 Å². The van der Waals surface area contributed by atoms with Crippen molar-refractivity contribution in [1.29, 1.82) is 0 Å². The zero-order chi connectivity index (χ0) is 20.0. The van der Waals surface area contributed by atoms with Crippen LogP contribution in [0.1, 0.15) is 36.7 Å². The van der Waals surface area contributed by atoms with E-state index >= 15 is 0 Å². The molecule has 0 bridgehead atoms. The molecular formula is C21H25NO5. The van der Waals surface area contributed by atoms with Gasteiger partial charge in [-0.2, -0.15) is 0 Å². The molecule has 0 radical (unpaired) electrons. The Kier molecular flexibility index (Phi) is 6.82. The Labute approximate surface area is 159 Å². The first-order chi connectivity index (χ1) is 12.8. The van der Waals surface area contributed by atoms with E-state index in [1.165, 1.54) is 0 Å². The van der Waals surface area contributed by atoms with E-state index in [-0.39, 0.29) is 12.0 Å². The molecule has 0 saturated carbocycles. The third-order valence-electron chi connectivity index (χ3n) is 3.72. The topological polar surface area (TPSA) is 73.9 Å². The molecule has 0 fully saturated rings. The smallest absolute Gasteiger partial charge is 0.347 e. The molecule has 1 amide bonds. The maximum Gasteiger partial charge on any atom is 0.347 e. The standard InChI is InChI=1S/C21H25NO5/c1-13(2)26-21(24)15(4)27-17-9-7-16(8-10-17)20(23)22-18-12-14(3)6-11-19(18)25-5/h6-13,15H,1-5H3,(H,22,23)/t15-/m0/s1. The first-order valence-electron chi connectivity index (χ1n) is 8.73. The van der Waals surface area contributed by atoms with E-state index < -0.39 is 12.1 Å². The maximum absolute atomic E-state index is 12.5. The highest BCUT2D eigenvalue weighted by Gasteiger charge is 2.18. The van der Waals surface area contributed by atoms with Gasteiger partial charge in [-0.25, -0.2) is 4.79 Å². The summed E-state index contributed by atoms with van der Waals surface area (Å²) < 4.78 is 15.9. The molecular weight excluding hydrogens is 346 g/mol. The van der Waals surface area contributed by atoms with Crippen molar-refractivity contribution in [3.8, 4) is 11.5 Å². The second kappa shape index (κ2) is 9.07. The first-order valence-corrected chi connectivity index (χ1v) is 8.73. The van der Waals surface area contributed by atoms with Crippen LogP contribution in [0.25, 0.3) is 0 Å². The predicted octanol–water partition coefficient (Wildman–Crippen LogP) is 3.97. The van der Waals surface area contributed by atoms with Crippen LogP contribution in [0.4, 0.5) is 5.69 Å².